The quantitative estimate of drug-likeness (QED) is 0.777. The van der Waals surface area contributed by atoms with Crippen molar-refractivity contribution in [3.63, 3.8) is 0 Å². The van der Waals surface area contributed by atoms with Gasteiger partial charge in [0.2, 0.25) is 5.89 Å². The Hall–Kier alpha value is -3.20. The standard InChI is InChI=1S/C16H13N5O/c17-9-13-6-7-14(18-10-13)19-11-16-20-15(21-22-16)8-12-4-2-1-3-5-12/h1-7,10H,8,11H2,(H,18,19). The first-order chi connectivity index (χ1) is 10.8. The summed E-state index contributed by atoms with van der Waals surface area (Å²) in [5, 5.41) is 15.8. The molecule has 0 aliphatic rings. The smallest absolute Gasteiger partial charge is 0.245 e. The van der Waals surface area contributed by atoms with Crippen LogP contribution in [0.25, 0.3) is 0 Å². The number of hydrogen-bond donors (Lipinski definition) is 1. The Bertz CT molecular complexity index is 774. The molecule has 0 saturated heterocycles. The predicted molar refractivity (Wildman–Crippen MR) is 79.8 cm³/mol. The molecule has 3 rings (SSSR count). The average Bonchev–Trinajstić information content (AvgIpc) is 3.02. The topological polar surface area (TPSA) is 87.6 Å². The maximum Gasteiger partial charge on any atom is 0.245 e. The summed E-state index contributed by atoms with van der Waals surface area (Å²) in [7, 11) is 0. The fourth-order valence-electron chi connectivity index (χ4n) is 1.94. The molecule has 0 aliphatic carbocycles. The lowest BCUT2D eigenvalue weighted by Crippen LogP contribution is -2.01. The van der Waals surface area contributed by atoms with E-state index in [1.165, 1.54) is 6.20 Å². The molecule has 6 heteroatoms. The Labute approximate surface area is 127 Å². The minimum Gasteiger partial charge on any atom is -0.361 e. The van der Waals surface area contributed by atoms with E-state index in [2.05, 4.69) is 20.4 Å². The van der Waals surface area contributed by atoms with Gasteiger partial charge in [-0.3, -0.25) is 0 Å². The van der Waals surface area contributed by atoms with Gasteiger partial charge in [-0.1, -0.05) is 35.5 Å². The third kappa shape index (κ3) is 3.46. The van der Waals surface area contributed by atoms with Crippen LogP contribution in [0.1, 0.15) is 22.8 Å². The van der Waals surface area contributed by atoms with Crippen LogP contribution in [0.2, 0.25) is 0 Å². The van der Waals surface area contributed by atoms with Crippen molar-refractivity contribution >= 4 is 5.82 Å². The minimum absolute atomic E-state index is 0.390. The van der Waals surface area contributed by atoms with Crippen LogP contribution in [0.15, 0.2) is 53.2 Å². The van der Waals surface area contributed by atoms with Crippen molar-refractivity contribution in [3.8, 4) is 6.07 Å². The van der Waals surface area contributed by atoms with E-state index in [4.69, 9.17) is 9.78 Å². The molecule has 0 amide bonds. The van der Waals surface area contributed by atoms with Crippen LogP contribution in [0.4, 0.5) is 5.82 Å². The first-order valence-corrected chi connectivity index (χ1v) is 6.79. The largest absolute Gasteiger partial charge is 0.361 e. The van der Waals surface area contributed by atoms with Crippen LogP contribution in [0.5, 0.6) is 0 Å². The molecule has 0 radical (unpaired) electrons. The molecule has 0 saturated carbocycles. The summed E-state index contributed by atoms with van der Waals surface area (Å²) < 4.78 is 5.20. The molecule has 1 N–H and O–H groups in total. The van der Waals surface area contributed by atoms with Gasteiger partial charge in [0.05, 0.1) is 12.1 Å². The Morgan fingerprint density at radius 3 is 2.73 bits per heavy atom. The first-order valence-electron chi connectivity index (χ1n) is 6.79. The molecule has 1 aromatic carbocycles. The number of aromatic nitrogens is 3. The van der Waals surface area contributed by atoms with Gasteiger partial charge in [-0.05, 0) is 17.7 Å². The van der Waals surface area contributed by atoms with Crippen molar-refractivity contribution in [1.82, 2.24) is 15.1 Å². The maximum absolute atomic E-state index is 8.72. The van der Waals surface area contributed by atoms with E-state index in [0.717, 1.165) is 5.56 Å². The monoisotopic (exact) mass is 291 g/mol. The van der Waals surface area contributed by atoms with Gasteiger partial charge in [0, 0.05) is 12.6 Å². The van der Waals surface area contributed by atoms with Gasteiger partial charge < -0.3 is 9.84 Å². The molecular weight excluding hydrogens is 278 g/mol. The van der Waals surface area contributed by atoms with Crippen molar-refractivity contribution < 1.29 is 4.52 Å². The number of benzene rings is 1. The summed E-state index contributed by atoms with van der Waals surface area (Å²) >= 11 is 0. The van der Waals surface area contributed by atoms with Crippen LogP contribution < -0.4 is 5.32 Å². The molecule has 22 heavy (non-hydrogen) atoms. The second kappa shape index (κ2) is 6.50. The maximum atomic E-state index is 8.72. The van der Waals surface area contributed by atoms with Crippen LogP contribution in [0.3, 0.4) is 0 Å². The van der Waals surface area contributed by atoms with Crippen molar-refractivity contribution in [2.24, 2.45) is 0 Å². The lowest BCUT2D eigenvalue weighted by Gasteiger charge is -2.01. The number of hydrogen-bond acceptors (Lipinski definition) is 6. The number of rotatable bonds is 5. The van der Waals surface area contributed by atoms with Gasteiger partial charge in [-0.15, -0.1) is 0 Å². The molecule has 3 aromatic rings. The average molecular weight is 291 g/mol. The Balaban J connectivity index is 1.58. The van der Waals surface area contributed by atoms with Gasteiger partial charge in [0.25, 0.3) is 0 Å². The summed E-state index contributed by atoms with van der Waals surface area (Å²) in [6.07, 6.45) is 2.15. The zero-order chi connectivity index (χ0) is 15.2. The molecule has 0 unspecified atom stereocenters. The molecule has 0 bridgehead atoms. The Kier molecular flexibility index (Phi) is 4.07. The molecular formula is C16H13N5O. The lowest BCUT2D eigenvalue weighted by atomic mass is 10.1. The van der Waals surface area contributed by atoms with E-state index in [1.807, 2.05) is 36.4 Å². The lowest BCUT2D eigenvalue weighted by molar-refractivity contribution is 0.378. The van der Waals surface area contributed by atoms with E-state index in [-0.39, 0.29) is 0 Å². The molecule has 0 atom stereocenters. The van der Waals surface area contributed by atoms with E-state index in [0.29, 0.717) is 36.1 Å². The highest BCUT2D eigenvalue weighted by atomic mass is 16.5. The highest BCUT2D eigenvalue weighted by Gasteiger charge is 2.07. The molecule has 6 nitrogen and oxygen atoms in total. The van der Waals surface area contributed by atoms with Crippen LogP contribution in [-0.2, 0) is 13.0 Å². The number of anilines is 1. The molecule has 108 valence electrons. The predicted octanol–water partition coefficient (Wildman–Crippen LogP) is 2.54. The highest BCUT2D eigenvalue weighted by Crippen LogP contribution is 2.09. The number of pyridine rings is 1. The summed E-state index contributed by atoms with van der Waals surface area (Å²) in [5.41, 5.74) is 1.66. The minimum atomic E-state index is 0.390. The van der Waals surface area contributed by atoms with Crippen molar-refractivity contribution in [3.05, 3.63) is 71.5 Å². The van der Waals surface area contributed by atoms with E-state index in [1.54, 1.807) is 12.1 Å². The molecule has 0 spiro atoms. The number of nitrogens with one attached hydrogen (secondary N) is 1. The highest BCUT2D eigenvalue weighted by molar-refractivity contribution is 5.38. The third-order valence-electron chi connectivity index (χ3n) is 3.03. The van der Waals surface area contributed by atoms with Crippen molar-refractivity contribution in [2.75, 3.05) is 5.32 Å². The number of nitrogens with zero attached hydrogens (tertiary/aromatic N) is 4. The zero-order valence-corrected chi connectivity index (χ0v) is 11.7. The molecule has 2 heterocycles. The van der Waals surface area contributed by atoms with Crippen LogP contribution >= 0.6 is 0 Å². The van der Waals surface area contributed by atoms with Gasteiger partial charge >= 0.3 is 0 Å². The molecule has 0 aliphatic heterocycles. The van der Waals surface area contributed by atoms with Crippen molar-refractivity contribution in [1.29, 1.82) is 5.26 Å². The van der Waals surface area contributed by atoms with Gasteiger partial charge in [-0.2, -0.15) is 10.2 Å². The van der Waals surface area contributed by atoms with E-state index < -0.39 is 0 Å². The Morgan fingerprint density at radius 1 is 1.14 bits per heavy atom. The van der Waals surface area contributed by atoms with E-state index in [9.17, 15) is 0 Å². The van der Waals surface area contributed by atoms with E-state index >= 15 is 0 Å². The second-order valence-electron chi connectivity index (χ2n) is 4.66. The number of nitriles is 1. The molecule has 2 aromatic heterocycles. The summed E-state index contributed by atoms with van der Waals surface area (Å²) in [6, 6.07) is 15.4. The molecule has 0 fully saturated rings. The van der Waals surface area contributed by atoms with Gasteiger partial charge in [-0.25, -0.2) is 4.98 Å². The van der Waals surface area contributed by atoms with Gasteiger partial charge in [0.15, 0.2) is 5.82 Å². The normalized spacial score (nSPS) is 10.1. The fraction of sp³-hybridized carbons (Fsp3) is 0.125. The first kappa shape index (κ1) is 13.8. The van der Waals surface area contributed by atoms with Gasteiger partial charge in [0.1, 0.15) is 11.9 Å². The summed E-state index contributed by atoms with van der Waals surface area (Å²) in [4.78, 5) is 8.45. The zero-order valence-electron chi connectivity index (χ0n) is 11.7. The van der Waals surface area contributed by atoms with Crippen LogP contribution in [0, 0.1) is 11.3 Å². The fourth-order valence-corrected chi connectivity index (χ4v) is 1.94. The SMILES string of the molecule is N#Cc1ccc(NCc2nc(Cc3ccccc3)no2)nc1. The Morgan fingerprint density at radius 2 is 2.00 bits per heavy atom. The summed E-state index contributed by atoms with van der Waals surface area (Å²) in [6.45, 7) is 0.390. The second-order valence-corrected chi connectivity index (χ2v) is 4.66. The third-order valence-corrected chi connectivity index (χ3v) is 3.03. The summed E-state index contributed by atoms with van der Waals surface area (Å²) in [5.74, 6) is 1.80. The van der Waals surface area contributed by atoms with Crippen molar-refractivity contribution in [2.45, 2.75) is 13.0 Å². The van der Waals surface area contributed by atoms with Crippen LogP contribution in [-0.4, -0.2) is 15.1 Å².